The van der Waals surface area contributed by atoms with E-state index >= 15 is 0 Å². The molecule has 1 amide bonds. The second kappa shape index (κ2) is 8.56. The van der Waals surface area contributed by atoms with Crippen LogP contribution >= 0.6 is 0 Å². The topological polar surface area (TPSA) is 89.9 Å². The molecule has 8 nitrogen and oxygen atoms in total. The molecular weight excluding hydrogens is 394 g/mol. The van der Waals surface area contributed by atoms with E-state index in [1.165, 1.54) is 0 Å². The van der Waals surface area contributed by atoms with Crippen LogP contribution in [0, 0.1) is 13.8 Å². The van der Waals surface area contributed by atoms with Gasteiger partial charge in [0.1, 0.15) is 10.6 Å². The van der Waals surface area contributed by atoms with Crippen molar-refractivity contribution in [2.45, 2.75) is 25.3 Å². The van der Waals surface area contributed by atoms with Gasteiger partial charge in [0.15, 0.2) is 0 Å². The summed E-state index contributed by atoms with van der Waals surface area (Å²) in [5, 5.41) is 0. The molecule has 3 rings (SSSR count). The number of amides is 1. The van der Waals surface area contributed by atoms with Crippen molar-refractivity contribution < 1.29 is 22.7 Å². The number of benzene rings is 1. The normalized spacial score (nSPS) is 14.8. The first-order chi connectivity index (χ1) is 13.8. The van der Waals surface area contributed by atoms with Crippen molar-refractivity contribution >= 4 is 15.9 Å². The minimum Gasteiger partial charge on any atom is -0.497 e. The van der Waals surface area contributed by atoms with Crippen LogP contribution in [0.4, 0.5) is 0 Å². The highest BCUT2D eigenvalue weighted by Crippen LogP contribution is 2.28. The van der Waals surface area contributed by atoms with Crippen molar-refractivity contribution in [1.29, 1.82) is 0 Å². The highest BCUT2D eigenvalue weighted by molar-refractivity contribution is 7.89. The number of hydrogen-bond acceptors (Lipinski definition) is 5. The van der Waals surface area contributed by atoms with E-state index in [4.69, 9.17) is 9.47 Å². The molecule has 0 bridgehead atoms. The van der Waals surface area contributed by atoms with Gasteiger partial charge in [-0.3, -0.25) is 4.79 Å². The fourth-order valence-corrected chi connectivity index (χ4v) is 4.99. The van der Waals surface area contributed by atoms with Crippen LogP contribution in [-0.4, -0.2) is 57.2 Å². The summed E-state index contributed by atoms with van der Waals surface area (Å²) in [6, 6.07) is 7.18. The van der Waals surface area contributed by atoms with Gasteiger partial charge in [-0.05, 0) is 31.5 Å². The highest BCUT2D eigenvalue weighted by Gasteiger charge is 2.33. The van der Waals surface area contributed by atoms with E-state index in [9.17, 15) is 13.2 Å². The Kier molecular flexibility index (Phi) is 6.30. The van der Waals surface area contributed by atoms with E-state index in [1.807, 2.05) is 6.07 Å². The predicted octanol–water partition coefficient (Wildman–Crippen LogP) is 1.60. The zero-order valence-electron chi connectivity index (χ0n) is 17.2. The molecule has 1 saturated heterocycles. The summed E-state index contributed by atoms with van der Waals surface area (Å²) in [7, 11) is -0.591. The lowest BCUT2D eigenvalue weighted by Crippen LogP contribution is -2.41. The van der Waals surface area contributed by atoms with E-state index in [0.717, 1.165) is 5.56 Å². The van der Waals surface area contributed by atoms with Crippen LogP contribution in [0.1, 0.15) is 27.3 Å². The molecule has 9 heteroatoms. The fourth-order valence-electron chi connectivity index (χ4n) is 3.45. The number of nitrogens with zero attached hydrogens (tertiary/aromatic N) is 2. The van der Waals surface area contributed by atoms with Crippen molar-refractivity contribution in [1.82, 2.24) is 14.2 Å². The maximum atomic E-state index is 13.2. The summed E-state index contributed by atoms with van der Waals surface area (Å²) in [5.41, 5.74) is 2.14. The van der Waals surface area contributed by atoms with E-state index in [1.54, 1.807) is 55.7 Å². The lowest BCUT2D eigenvalue weighted by Gasteiger charge is -2.27. The maximum absolute atomic E-state index is 13.2. The number of sulfonamides is 1. The summed E-state index contributed by atoms with van der Waals surface area (Å²) >= 11 is 0. The minimum atomic E-state index is -3.92. The SMILES string of the molecule is COc1cccc(CNS(=O)(=O)c2c(C(=O)N3CCOCC3)c(C)n(C)c2C)c1. The van der Waals surface area contributed by atoms with E-state index in [-0.39, 0.29) is 22.9 Å². The molecular formula is C20H27N3O5S. The minimum absolute atomic E-state index is 0.0388. The number of carbonyl (C=O) groups excluding carboxylic acids is 1. The monoisotopic (exact) mass is 421 g/mol. The van der Waals surface area contributed by atoms with Gasteiger partial charge in [0.2, 0.25) is 10.0 Å². The Hall–Kier alpha value is -2.36. The van der Waals surface area contributed by atoms with Crippen molar-refractivity contribution in [3.05, 3.63) is 46.8 Å². The number of nitrogens with one attached hydrogen (secondary N) is 1. The molecule has 0 saturated carbocycles. The third kappa shape index (κ3) is 4.31. The summed E-state index contributed by atoms with van der Waals surface area (Å²) in [6.07, 6.45) is 0. The summed E-state index contributed by atoms with van der Waals surface area (Å²) in [6.45, 7) is 5.37. The van der Waals surface area contributed by atoms with Crippen molar-refractivity contribution in [3.8, 4) is 5.75 Å². The first-order valence-electron chi connectivity index (χ1n) is 9.41. The Morgan fingerprint density at radius 2 is 1.90 bits per heavy atom. The molecule has 1 fully saturated rings. The molecule has 1 N–H and O–H groups in total. The van der Waals surface area contributed by atoms with Gasteiger partial charge in [0, 0.05) is 38.1 Å². The number of methoxy groups -OCH3 is 1. The van der Waals surface area contributed by atoms with Gasteiger partial charge in [-0.1, -0.05) is 12.1 Å². The van der Waals surface area contributed by atoms with Crippen molar-refractivity contribution in [2.24, 2.45) is 7.05 Å². The van der Waals surface area contributed by atoms with Crippen LogP contribution in [0.2, 0.25) is 0 Å². The molecule has 2 heterocycles. The van der Waals surface area contributed by atoms with E-state index in [2.05, 4.69) is 4.72 Å². The Labute approximate surface area is 171 Å². The standard InChI is InChI=1S/C20H27N3O5S/c1-14-18(20(24)23-8-10-28-11-9-23)19(15(2)22(14)3)29(25,26)21-13-16-6-5-7-17(12-16)27-4/h5-7,12,21H,8-11,13H2,1-4H3. The third-order valence-corrected chi connectivity index (χ3v) is 6.87. The molecule has 0 atom stereocenters. The van der Waals surface area contributed by atoms with Gasteiger partial charge in [-0.15, -0.1) is 0 Å². The van der Waals surface area contributed by atoms with Crippen LogP contribution in [0.3, 0.4) is 0 Å². The molecule has 1 aromatic heterocycles. The Morgan fingerprint density at radius 3 is 2.55 bits per heavy atom. The molecule has 29 heavy (non-hydrogen) atoms. The van der Waals surface area contributed by atoms with Crippen molar-refractivity contribution in [2.75, 3.05) is 33.4 Å². The smallest absolute Gasteiger partial charge is 0.257 e. The molecule has 0 spiro atoms. The largest absolute Gasteiger partial charge is 0.497 e. The summed E-state index contributed by atoms with van der Waals surface area (Å²) < 4.78 is 41.3. The molecule has 0 unspecified atom stereocenters. The Bertz CT molecular complexity index is 1010. The van der Waals surface area contributed by atoms with Crippen LogP contribution < -0.4 is 9.46 Å². The maximum Gasteiger partial charge on any atom is 0.257 e. The second-order valence-corrected chi connectivity index (χ2v) is 8.72. The van der Waals surface area contributed by atoms with E-state index < -0.39 is 10.0 Å². The molecule has 158 valence electrons. The average Bonchev–Trinajstić information content (AvgIpc) is 2.97. The Morgan fingerprint density at radius 1 is 1.21 bits per heavy atom. The molecule has 2 aromatic rings. The highest BCUT2D eigenvalue weighted by atomic mass is 32.2. The number of rotatable bonds is 6. The predicted molar refractivity (Wildman–Crippen MR) is 109 cm³/mol. The van der Waals surface area contributed by atoms with E-state index in [0.29, 0.717) is 43.4 Å². The van der Waals surface area contributed by atoms with Gasteiger partial charge in [0.25, 0.3) is 5.91 Å². The summed E-state index contributed by atoms with van der Waals surface area (Å²) in [4.78, 5) is 14.8. The number of carbonyl (C=O) groups is 1. The van der Waals surface area contributed by atoms with Gasteiger partial charge < -0.3 is 18.9 Å². The second-order valence-electron chi connectivity index (χ2n) is 7.01. The molecule has 0 aliphatic carbocycles. The number of aromatic nitrogens is 1. The number of morpholine rings is 1. The molecule has 1 aliphatic heterocycles. The molecule has 1 aromatic carbocycles. The zero-order valence-corrected chi connectivity index (χ0v) is 18.0. The number of hydrogen-bond donors (Lipinski definition) is 1. The first kappa shape index (κ1) is 21.4. The average molecular weight is 422 g/mol. The fraction of sp³-hybridized carbons (Fsp3) is 0.450. The third-order valence-electron chi connectivity index (χ3n) is 5.31. The molecule has 0 radical (unpaired) electrons. The summed E-state index contributed by atoms with van der Waals surface area (Å²) in [5.74, 6) is 0.368. The Balaban J connectivity index is 1.93. The lowest BCUT2D eigenvalue weighted by atomic mass is 10.2. The number of ether oxygens (including phenoxy) is 2. The van der Waals surface area contributed by atoms with Crippen LogP contribution in [0.15, 0.2) is 29.2 Å². The van der Waals surface area contributed by atoms with Gasteiger partial charge >= 0.3 is 0 Å². The van der Waals surface area contributed by atoms with Crippen LogP contribution in [-0.2, 0) is 28.4 Å². The zero-order chi connectivity index (χ0) is 21.2. The van der Waals surface area contributed by atoms with Gasteiger partial charge in [-0.2, -0.15) is 0 Å². The lowest BCUT2D eigenvalue weighted by molar-refractivity contribution is 0.0300. The van der Waals surface area contributed by atoms with Crippen molar-refractivity contribution in [3.63, 3.8) is 0 Å². The molecule has 1 aliphatic rings. The van der Waals surface area contributed by atoms with Crippen LogP contribution in [0.25, 0.3) is 0 Å². The first-order valence-corrected chi connectivity index (χ1v) is 10.9. The quantitative estimate of drug-likeness (QED) is 0.765. The van der Waals surface area contributed by atoms with Gasteiger partial charge in [-0.25, -0.2) is 13.1 Å². The van der Waals surface area contributed by atoms with Gasteiger partial charge in [0.05, 0.1) is 25.9 Å². The van der Waals surface area contributed by atoms with Crippen LogP contribution in [0.5, 0.6) is 5.75 Å².